The number of rotatable bonds is 9. The number of hydrogen-bond donors (Lipinski definition) is 5. The molecule has 11 nitrogen and oxygen atoms in total. The number of aliphatic hydroxyl groups excluding tert-OH is 1. The molecule has 0 aromatic carbocycles. The largest absolute Gasteiger partial charge is 0.477 e. The molecule has 3 amide bonds. The van der Waals surface area contributed by atoms with Crippen molar-refractivity contribution in [1.82, 2.24) is 25.2 Å². The summed E-state index contributed by atoms with van der Waals surface area (Å²) in [5, 5.41) is 28.4. The Morgan fingerprint density at radius 2 is 1.84 bits per heavy atom. The van der Waals surface area contributed by atoms with Crippen LogP contribution < -0.4 is 16.0 Å². The molecule has 3 aliphatic heterocycles. The maximum Gasteiger partial charge on any atom is 0.353 e. The molecule has 6 atom stereocenters. The number of β-lactam (4-membered cyclic amide) rings is 1. The van der Waals surface area contributed by atoms with Gasteiger partial charge in [-0.2, -0.15) is 0 Å². The highest BCUT2D eigenvalue weighted by atomic mass is 32.2. The molecule has 3 rings (SSSR count). The Hall–Kier alpha value is -2.15. The van der Waals surface area contributed by atoms with E-state index in [9.17, 15) is 29.4 Å². The number of carbonyl (C=O) groups excluding carboxylic acids is 3. The summed E-state index contributed by atoms with van der Waals surface area (Å²) in [6.45, 7) is 2.40. The first-order valence-corrected chi connectivity index (χ1v) is 11.5. The second-order valence-corrected chi connectivity index (χ2v) is 9.44. The Morgan fingerprint density at radius 3 is 2.38 bits per heavy atom. The van der Waals surface area contributed by atoms with E-state index in [4.69, 9.17) is 0 Å². The summed E-state index contributed by atoms with van der Waals surface area (Å²) in [5.74, 6) is -3.45. The van der Waals surface area contributed by atoms with Gasteiger partial charge >= 0.3 is 5.97 Å². The van der Waals surface area contributed by atoms with Gasteiger partial charge in [0.15, 0.2) is 0 Å². The predicted octanol–water partition coefficient (Wildman–Crippen LogP) is -1.44. The molecule has 0 bridgehead atoms. The van der Waals surface area contributed by atoms with Gasteiger partial charge in [0, 0.05) is 31.5 Å². The van der Waals surface area contributed by atoms with Crippen LogP contribution in [0.4, 0.5) is 0 Å². The molecule has 0 aliphatic carbocycles. The summed E-state index contributed by atoms with van der Waals surface area (Å²) in [5.41, 5.74) is -0.0953. The van der Waals surface area contributed by atoms with E-state index in [1.165, 1.54) is 25.9 Å². The monoisotopic (exact) mass is 469 g/mol. The van der Waals surface area contributed by atoms with Crippen molar-refractivity contribution in [3.63, 3.8) is 0 Å². The zero-order chi connectivity index (χ0) is 23.7. The van der Waals surface area contributed by atoms with Crippen molar-refractivity contribution in [2.45, 2.75) is 38.0 Å². The molecule has 32 heavy (non-hydrogen) atoms. The molecule has 0 spiro atoms. The summed E-state index contributed by atoms with van der Waals surface area (Å²) in [6.07, 6.45) is -0.0285. The first-order chi connectivity index (χ1) is 15.2. The number of aliphatic carboxylic acids is 1. The van der Waals surface area contributed by atoms with E-state index in [1.54, 1.807) is 11.4 Å². The number of carboxylic acid groups (broad SMARTS) is 1. The summed E-state index contributed by atoms with van der Waals surface area (Å²) >= 11 is 1.14. The highest BCUT2D eigenvalue weighted by molar-refractivity contribution is 8.01. The van der Waals surface area contributed by atoms with Crippen LogP contribution in [-0.2, 0) is 19.2 Å². The summed E-state index contributed by atoms with van der Waals surface area (Å²) in [4.78, 5) is 51.4. The van der Waals surface area contributed by atoms with Gasteiger partial charge in [-0.25, -0.2) is 9.10 Å². The number of nitrogens with one attached hydrogen (secondary N) is 3. The first-order valence-electron chi connectivity index (χ1n) is 10.7. The van der Waals surface area contributed by atoms with Crippen molar-refractivity contribution < 1.29 is 29.4 Å². The summed E-state index contributed by atoms with van der Waals surface area (Å²) in [7, 11) is 4.84. The van der Waals surface area contributed by atoms with Gasteiger partial charge in [0.25, 0.3) is 0 Å². The molecule has 0 radical (unpaired) electrons. The zero-order valence-electron chi connectivity index (χ0n) is 18.6. The fraction of sp³-hybridized carbons (Fsp3) is 0.700. The smallest absolute Gasteiger partial charge is 0.353 e. The lowest BCUT2D eigenvalue weighted by Crippen LogP contribution is -2.64. The first kappa shape index (κ1) is 24.5. The number of amides is 3. The molecular weight excluding hydrogens is 438 g/mol. The van der Waals surface area contributed by atoms with Gasteiger partial charge < -0.3 is 31.1 Å². The van der Waals surface area contributed by atoms with E-state index < -0.39 is 41.9 Å². The number of likely N-dealkylation sites (N-methyl/N-ethyl adjacent to an activating group) is 1. The normalized spacial score (nSPS) is 30.7. The fourth-order valence-electron chi connectivity index (χ4n) is 4.92. The molecule has 2 fully saturated rings. The molecule has 0 aromatic rings. The van der Waals surface area contributed by atoms with Crippen molar-refractivity contribution in [2.75, 3.05) is 34.2 Å². The van der Waals surface area contributed by atoms with E-state index in [-0.39, 0.29) is 30.0 Å². The standard InChI is InChI=1S/C20H31N5O6S/c1-9(26)13-14-11(5-6-21-2)16(15(20(30)31)25(14)19(13)29)32-24-8-10(17(27)22-3)7-12(24)18(28)23-4/h9-14,21,26H,5-8H2,1-4H3,(H,22,27)(H,23,28)(H,30,31)/t9-,10+,11-,12+,13-,14-/m1/s1. The number of aliphatic hydroxyl groups is 1. The quantitative estimate of drug-likeness (QED) is 0.202. The van der Waals surface area contributed by atoms with Crippen LogP contribution >= 0.6 is 11.9 Å². The van der Waals surface area contributed by atoms with Gasteiger partial charge in [0.1, 0.15) is 11.7 Å². The molecule has 0 saturated carbocycles. The van der Waals surface area contributed by atoms with Gasteiger partial charge in [-0.3, -0.25) is 14.4 Å². The van der Waals surface area contributed by atoms with Crippen LogP contribution in [0.1, 0.15) is 19.8 Å². The molecule has 12 heteroatoms. The minimum Gasteiger partial charge on any atom is -0.477 e. The Balaban J connectivity index is 1.97. The fourth-order valence-corrected chi connectivity index (χ4v) is 6.40. The van der Waals surface area contributed by atoms with E-state index in [1.807, 2.05) is 0 Å². The Labute approximate surface area is 191 Å². The van der Waals surface area contributed by atoms with Crippen molar-refractivity contribution in [3.05, 3.63) is 10.6 Å². The minimum absolute atomic E-state index is 0.0953. The molecule has 0 unspecified atom stereocenters. The van der Waals surface area contributed by atoms with Crippen LogP contribution in [0.2, 0.25) is 0 Å². The second-order valence-electron chi connectivity index (χ2n) is 8.35. The van der Waals surface area contributed by atoms with E-state index in [0.29, 0.717) is 24.3 Å². The van der Waals surface area contributed by atoms with Gasteiger partial charge in [0.05, 0.1) is 24.0 Å². The summed E-state index contributed by atoms with van der Waals surface area (Å²) < 4.78 is 1.75. The third kappa shape index (κ3) is 4.12. The SMILES string of the molecule is CNCC[C@H]1C(SN2C[C@@H](C(=O)NC)C[C@H]2C(=O)NC)=C(C(=O)O)N2C(=O)[C@H]([C@@H](C)O)[C@@H]12. The maximum atomic E-state index is 12.7. The van der Waals surface area contributed by atoms with Gasteiger partial charge in [0.2, 0.25) is 17.7 Å². The Morgan fingerprint density at radius 1 is 1.19 bits per heavy atom. The van der Waals surface area contributed by atoms with Gasteiger partial charge in [-0.05, 0) is 45.3 Å². The van der Waals surface area contributed by atoms with Crippen LogP contribution in [-0.4, -0.2) is 95.5 Å². The Kier molecular flexibility index (Phi) is 7.48. The third-order valence-corrected chi connectivity index (χ3v) is 7.81. The molecule has 5 N–H and O–H groups in total. The minimum atomic E-state index is -1.22. The molecular formula is C20H31N5O6S. The van der Waals surface area contributed by atoms with E-state index >= 15 is 0 Å². The van der Waals surface area contributed by atoms with Crippen LogP contribution in [0.3, 0.4) is 0 Å². The van der Waals surface area contributed by atoms with Crippen molar-refractivity contribution in [2.24, 2.45) is 17.8 Å². The number of hydrogen-bond acceptors (Lipinski definition) is 8. The average Bonchev–Trinajstić information content (AvgIpc) is 3.28. The molecule has 2 saturated heterocycles. The zero-order valence-corrected chi connectivity index (χ0v) is 19.4. The lowest BCUT2D eigenvalue weighted by molar-refractivity contribution is -0.163. The number of nitrogens with zero attached hydrogens (tertiary/aromatic N) is 2. The molecule has 178 valence electrons. The molecule has 0 aromatic heterocycles. The predicted molar refractivity (Wildman–Crippen MR) is 117 cm³/mol. The summed E-state index contributed by atoms with van der Waals surface area (Å²) in [6, 6.07) is -1.06. The van der Waals surface area contributed by atoms with Crippen molar-refractivity contribution in [3.8, 4) is 0 Å². The van der Waals surface area contributed by atoms with Crippen molar-refractivity contribution >= 4 is 35.6 Å². The average molecular weight is 470 g/mol. The second kappa shape index (κ2) is 9.77. The van der Waals surface area contributed by atoms with Crippen molar-refractivity contribution in [1.29, 1.82) is 0 Å². The lowest BCUT2D eigenvalue weighted by atomic mass is 9.77. The number of carboxylic acids is 1. The molecule has 3 aliphatic rings. The van der Waals surface area contributed by atoms with Crippen LogP contribution in [0.25, 0.3) is 0 Å². The number of carbonyl (C=O) groups is 4. The molecule has 3 heterocycles. The van der Waals surface area contributed by atoms with Crippen LogP contribution in [0.5, 0.6) is 0 Å². The maximum absolute atomic E-state index is 12.7. The van der Waals surface area contributed by atoms with Gasteiger partial charge in [-0.15, -0.1) is 0 Å². The van der Waals surface area contributed by atoms with Crippen LogP contribution in [0.15, 0.2) is 10.6 Å². The topological polar surface area (TPSA) is 151 Å². The van der Waals surface area contributed by atoms with Gasteiger partial charge in [-0.1, -0.05) is 0 Å². The lowest BCUT2D eigenvalue weighted by Gasteiger charge is -2.47. The third-order valence-electron chi connectivity index (χ3n) is 6.48. The van der Waals surface area contributed by atoms with E-state index in [2.05, 4.69) is 16.0 Å². The van der Waals surface area contributed by atoms with E-state index in [0.717, 1.165) is 11.9 Å². The highest BCUT2D eigenvalue weighted by Gasteiger charge is 2.61. The number of fused-ring (bicyclic) bond motifs is 1. The Bertz CT molecular complexity index is 833. The van der Waals surface area contributed by atoms with Crippen LogP contribution in [0, 0.1) is 17.8 Å². The highest BCUT2D eigenvalue weighted by Crippen LogP contribution is 2.53.